The Hall–Kier alpha value is 2.72. The van der Waals surface area contributed by atoms with E-state index in [0.29, 0.717) is 0 Å². The predicted octanol–water partition coefficient (Wildman–Crippen LogP) is 4.06. The summed E-state index contributed by atoms with van der Waals surface area (Å²) in [7, 11) is 0. The number of alkyl halides is 6. The fourth-order valence-electron chi connectivity index (χ4n) is 1.05. The van der Waals surface area contributed by atoms with E-state index >= 15 is 0 Å². The molecule has 0 aromatic heterocycles. The van der Waals surface area contributed by atoms with Crippen molar-refractivity contribution < 1.29 is 21.1 Å². The maximum Gasteiger partial charge on any atom is 0.0693 e. The second-order valence-corrected chi connectivity index (χ2v) is 5.69. The molecular weight excluding hydrogens is 515 g/mol. The van der Waals surface area contributed by atoms with Gasteiger partial charge in [-0.25, -0.2) is 0 Å². The largest absolute Gasteiger partial charge is 0.147 e. The van der Waals surface area contributed by atoms with Gasteiger partial charge in [-0.15, -0.1) is 82.0 Å². The summed E-state index contributed by atoms with van der Waals surface area (Å²) in [5.41, 5.74) is 0. The average molecular weight is 522 g/mol. The molecule has 0 aromatic carbocycles. The van der Waals surface area contributed by atoms with E-state index in [2.05, 4.69) is 0 Å². The first-order chi connectivity index (χ1) is 5.46. The summed E-state index contributed by atoms with van der Waals surface area (Å²) in [6.45, 7) is 0. The Bertz CT molecular complexity index is 110. The number of halogens is 7. The summed E-state index contributed by atoms with van der Waals surface area (Å²) in [6.07, 6.45) is 0. The molecule has 1 aliphatic carbocycles. The second kappa shape index (κ2) is 7.93. The summed E-state index contributed by atoms with van der Waals surface area (Å²) >= 11 is 35.3. The summed E-state index contributed by atoms with van der Waals surface area (Å²) in [4.78, 5) is 0. The van der Waals surface area contributed by atoms with Crippen LogP contribution in [-0.2, 0) is 21.1 Å². The topological polar surface area (TPSA) is 0 Å². The van der Waals surface area contributed by atoms with Crippen LogP contribution in [0.5, 0.6) is 0 Å². The second-order valence-electron chi connectivity index (χ2n) is 2.67. The fourth-order valence-corrected chi connectivity index (χ4v) is 3.38. The van der Waals surface area contributed by atoms with E-state index in [1.807, 2.05) is 0 Å². The molecule has 0 aromatic rings. The Morgan fingerprint density at radius 1 is 0.429 bits per heavy atom. The maximum absolute atomic E-state index is 5.88. The minimum Gasteiger partial charge on any atom is -0.147 e. The van der Waals surface area contributed by atoms with Gasteiger partial charge in [-0.05, 0) is 0 Å². The van der Waals surface area contributed by atoms with E-state index in [9.17, 15) is 0 Å². The Morgan fingerprint density at radius 3 is 0.571 bits per heavy atom. The van der Waals surface area contributed by atoms with Gasteiger partial charge in [0.05, 0.1) is 32.3 Å². The van der Waals surface area contributed by atoms with Crippen LogP contribution in [0, 0.1) is 0 Å². The molecule has 0 heterocycles. The smallest absolute Gasteiger partial charge is 0.0693 e. The monoisotopic (exact) mass is 519 g/mol. The van der Waals surface area contributed by atoms with Crippen molar-refractivity contribution in [3.8, 4) is 0 Å². The van der Waals surface area contributed by atoms with Crippen LogP contribution in [0.2, 0.25) is 0 Å². The van der Waals surface area contributed by atoms with Crippen LogP contribution >= 0.6 is 82.0 Å². The summed E-state index contributed by atoms with van der Waals surface area (Å²) in [5, 5.41) is -2.62. The van der Waals surface area contributed by atoms with Gasteiger partial charge < -0.3 is 0 Å². The molecule has 90 valence electrons. The van der Waals surface area contributed by atoms with Gasteiger partial charge in [0, 0.05) is 21.1 Å². The van der Waals surface area contributed by atoms with Gasteiger partial charge in [0.1, 0.15) is 0 Å². The van der Waals surface area contributed by atoms with Gasteiger partial charge in [0.25, 0.3) is 0 Å². The zero-order valence-corrected chi connectivity index (χ0v) is 14.1. The molecule has 0 amide bonds. The van der Waals surface area contributed by atoms with E-state index in [4.69, 9.17) is 69.6 Å². The fraction of sp³-hybridized carbons (Fsp3) is 1.00. The summed E-state index contributed by atoms with van der Waals surface area (Å²) < 4.78 is 0. The van der Waals surface area contributed by atoms with Crippen LogP contribution in [0.3, 0.4) is 0 Å². The summed E-state index contributed by atoms with van der Waals surface area (Å²) in [5.74, 6) is 0. The molecule has 1 aliphatic rings. The zero-order chi connectivity index (χ0) is 9.46. The molecule has 0 N–H and O–H groups in total. The van der Waals surface area contributed by atoms with E-state index in [1.54, 1.807) is 0 Å². The van der Waals surface area contributed by atoms with Crippen molar-refractivity contribution >= 4 is 82.0 Å². The van der Waals surface area contributed by atoms with E-state index < -0.39 is 32.3 Å². The quantitative estimate of drug-likeness (QED) is 0.421. The number of hydrogen-bond acceptors (Lipinski definition) is 0. The average Bonchev–Trinajstić information content (AvgIpc) is 2.08. The zero-order valence-electron chi connectivity index (χ0n) is 6.46. The van der Waals surface area contributed by atoms with Crippen molar-refractivity contribution in [1.82, 2.24) is 0 Å². The molecule has 0 spiro atoms. The number of rotatable bonds is 0. The molecule has 0 aliphatic heterocycles. The van der Waals surface area contributed by atoms with Crippen molar-refractivity contribution in [3.63, 3.8) is 0 Å². The van der Waals surface area contributed by atoms with Crippen LogP contribution in [0.1, 0.15) is 0 Å². The van der Waals surface area contributed by atoms with E-state index in [1.165, 1.54) is 0 Å². The van der Waals surface area contributed by atoms with Crippen LogP contribution in [-0.4, -0.2) is 32.3 Å². The molecule has 0 unspecified atom stereocenters. The standard InChI is InChI=1S/C6H6Cl6.ClH.Pt/c7-1-2(8)4(10)6(12)5(11)3(1)9;;/h1-6H;1H;/t1-,2-,3-,4+,5+,6+;;. The van der Waals surface area contributed by atoms with E-state index in [0.717, 1.165) is 0 Å². The molecule has 1 rings (SSSR count). The molecule has 0 atom stereocenters. The Morgan fingerprint density at radius 2 is 0.500 bits per heavy atom. The van der Waals surface area contributed by atoms with Crippen LogP contribution in [0.25, 0.3) is 0 Å². The molecule has 0 saturated heterocycles. The van der Waals surface area contributed by atoms with Gasteiger partial charge in [0.2, 0.25) is 0 Å². The van der Waals surface area contributed by atoms with Gasteiger partial charge in [-0.2, -0.15) is 0 Å². The Labute approximate surface area is 134 Å². The number of hydrogen-bond donors (Lipinski definition) is 0. The first-order valence-corrected chi connectivity index (χ1v) is 5.93. The Balaban J connectivity index is 0. The molecule has 0 bridgehead atoms. The van der Waals surface area contributed by atoms with Crippen molar-refractivity contribution in [2.24, 2.45) is 0 Å². The minimum absolute atomic E-state index is 0. The molecule has 1 fully saturated rings. The predicted molar refractivity (Wildman–Crippen MR) is 65.1 cm³/mol. The van der Waals surface area contributed by atoms with Crippen LogP contribution < -0.4 is 0 Å². The van der Waals surface area contributed by atoms with Crippen molar-refractivity contribution in [1.29, 1.82) is 0 Å². The van der Waals surface area contributed by atoms with E-state index in [-0.39, 0.29) is 33.5 Å². The normalized spacial score (nSPS) is 47.6. The van der Waals surface area contributed by atoms with Crippen molar-refractivity contribution in [2.75, 3.05) is 0 Å². The van der Waals surface area contributed by atoms with Crippen LogP contribution in [0.15, 0.2) is 0 Å². The molecule has 8 heteroatoms. The van der Waals surface area contributed by atoms with Gasteiger partial charge in [-0.1, -0.05) is 0 Å². The summed E-state index contributed by atoms with van der Waals surface area (Å²) in [6, 6.07) is 0. The van der Waals surface area contributed by atoms with Crippen LogP contribution in [0.4, 0.5) is 0 Å². The molecule has 14 heavy (non-hydrogen) atoms. The molecule has 0 radical (unpaired) electrons. The van der Waals surface area contributed by atoms with Gasteiger partial charge in [0.15, 0.2) is 0 Å². The first kappa shape index (κ1) is 19.1. The SMILES string of the molecule is Cl.Cl[C@H]1[C@H](Cl)[C@@H](Cl)[C@@H](Cl)[C@H](Cl)[C@H]1Cl.[Pt]. The third kappa shape index (κ3) is 3.88. The Kier molecular flexibility index (Phi) is 10.8. The third-order valence-electron chi connectivity index (χ3n) is 1.83. The van der Waals surface area contributed by atoms with Gasteiger partial charge in [-0.3, -0.25) is 0 Å². The minimum atomic E-state index is -0.437. The molecule has 1 saturated carbocycles. The maximum atomic E-state index is 5.88. The van der Waals surface area contributed by atoms with Crippen molar-refractivity contribution in [3.05, 3.63) is 0 Å². The van der Waals surface area contributed by atoms with Gasteiger partial charge >= 0.3 is 0 Å². The van der Waals surface area contributed by atoms with Crippen molar-refractivity contribution in [2.45, 2.75) is 32.3 Å². The first-order valence-electron chi connectivity index (χ1n) is 3.31. The third-order valence-corrected chi connectivity index (χ3v) is 5.86. The molecule has 0 nitrogen and oxygen atoms in total. The molecular formula is C6H7Cl7Pt.